The molecule has 1 amide bonds. The average Bonchev–Trinajstić information content (AvgIpc) is 3.34. The smallest absolute Gasteiger partial charge is 0.250 e. The summed E-state index contributed by atoms with van der Waals surface area (Å²) in [6.45, 7) is 0.194. The maximum Gasteiger partial charge on any atom is 0.250 e. The summed E-state index contributed by atoms with van der Waals surface area (Å²) in [5.41, 5.74) is 11.0. The van der Waals surface area contributed by atoms with Gasteiger partial charge < -0.3 is 15.0 Å². The Morgan fingerprint density at radius 1 is 1.03 bits per heavy atom. The number of primary amides is 1. The van der Waals surface area contributed by atoms with Crippen LogP contribution < -0.4 is 5.73 Å². The van der Waals surface area contributed by atoms with Crippen LogP contribution in [0.3, 0.4) is 0 Å². The number of fused-ring (bicyclic) bond motifs is 1. The van der Waals surface area contributed by atoms with E-state index in [4.69, 9.17) is 10.5 Å². The first kappa shape index (κ1) is 31.2. The van der Waals surface area contributed by atoms with Crippen LogP contribution in [0, 0.1) is 11.3 Å². The molecule has 8 nitrogen and oxygen atoms in total. The largest absolute Gasteiger partial charge is 0.366 e. The molecule has 0 saturated carbocycles. The van der Waals surface area contributed by atoms with Crippen LogP contribution in [-0.2, 0) is 18.4 Å². The topological polar surface area (TPSA) is 120 Å². The number of aryl methyl sites for hydroxylation is 1. The zero-order valence-corrected chi connectivity index (χ0v) is 23.2. The summed E-state index contributed by atoms with van der Waals surface area (Å²) < 4.78 is 8.25. The van der Waals surface area contributed by atoms with E-state index in [0.717, 1.165) is 33.3 Å². The van der Waals surface area contributed by atoms with Crippen molar-refractivity contribution in [3.8, 4) is 17.2 Å². The molecule has 0 radical (unpaired) electrons. The van der Waals surface area contributed by atoms with Crippen molar-refractivity contribution < 1.29 is 9.53 Å². The number of rotatable bonds is 7. The first-order chi connectivity index (χ1) is 17.5. The van der Waals surface area contributed by atoms with Crippen molar-refractivity contribution in [1.82, 2.24) is 19.5 Å². The minimum atomic E-state index is -0.532. The first-order valence-corrected chi connectivity index (χ1v) is 11.3. The molecule has 3 aromatic heterocycles. The second-order valence-corrected chi connectivity index (χ2v) is 8.32. The zero-order chi connectivity index (χ0) is 25.1. The number of carbonyl (C=O) groups is 1. The third-order valence-corrected chi connectivity index (χ3v) is 6.02. The Morgan fingerprint density at radius 3 is 2.49 bits per heavy atom. The van der Waals surface area contributed by atoms with E-state index >= 15 is 0 Å². The van der Waals surface area contributed by atoms with Crippen molar-refractivity contribution >= 4 is 54.0 Å². The number of nitrogens with two attached hydrogens (primary N) is 1. The van der Waals surface area contributed by atoms with Gasteiger partial charge in [0, 0.05) is 36.0 Å². The van der Waals surface area contributed by atoms with Crippen LogP contribution in [-0.4, -0.2) is 25.4 Å². The summed E-state index contributed by atoms with van der Waals surface area (Å²) in [6, 6.07) is 21.1. The number of hydrogen-bond acceptors (Lipinski definition) is 6. The summed E-state index contributed by atoms with van der Waals surface area (Å²) in [4.78, 5) is 24.5. The third-order valence-electron chi connectivity index (χ3n) is 6.02. The highest BCUT2D eigenvalue weighted by Gasteiger charge is 2.21. The first-order valence-electron chi connectivity index (χ1n) is 11.3. The second-order valence-electron chi connectivity index (χ2n) is 8.32. The lowest BCUT2D eigenvalue weighted by molar-refractivity contribution is 0.0601. The summed E-state index contributed by atoms with van der Waals surface area (Å²) in [7, 11) is 1.90. The summed E-state index contributed by atoms with van der Waals surface area (Å²) in [5, 5.41) is 10.9. The molecular weight excluding hydrogens is 559 g/mol. The summed E-state index contributed by atoms with van der Waals surface area (Å²) in [5.74, 6) is -0.532. The quantitative estimate of drug-likeness (QED) is 0.267. The van der Waals surface area contributed by atoms with Crippen LogP contribution in [0.5, 0.6) is 0 Å². The summed E-state index contributed by atoms with van der Waals surface area (Å²) in [6.07, 6.45) is 6.17. The molecule has 200 valence electrons. The zero-order valence-electron chi connectivity index (χ0n) is 20.7. The lowest BCUT2D eigenvalue weighted by Crippen LogP contribution is -2.13. The van der Waals surface area contributed by atoms with Crippen LogP contribution in [0.2, 0.25) is 0 Å². The van der Waals surface area contributed by atoms with Gasteiger partial charge in [-0.05, 0) is 35.9 Å². The van der Waals surface area contributed by atoms with Gasteiger partial charge in [0.1, 0.15) is 6.10 Å². The molecule has 39 heavy (non-hydrogen) atoms. The number of halogens is 3. The monoisotopic (exact) mass is 582 g/mol. The Labute approximate surface area is 244 Å². The van der Waals surface area contributed by atoms with E-state index in [9.17, 15) is 10.1 Å². The fraction of sp³-hybridized carbons (Fsp3) is 0.107. The fourth-order valence-corrected chi connectivity index (χ4v) is 4.16. The standard InChI is InChI=1S/C28H22N6O2.3ClH/c1-34-17-31-15-25(34)27(36-16-22-10-9-21(14-33-22)28(30)35)19-7-8-20(13-29)24(12-19)23-6-2-4-18-5-3-11-32-26(18)23;;;/h2-12,14-15,17,27H,16H2,1H3,(H2,30,35);3*1H. The van der Waals surface area contributed by atoms with E-state index in [2.05, 4.69) is 21.0 Å². The summed E-state index contributed by atoms with van der Waals surface area (Å²) >= 11 is 0. The SMILES string of the molecule is Cl.Cl.Cl.Cn1cncc1C(OCc1ccc(C(N)=O)cn1)c1ccc(C#N)c(-c2cccc3cccnc23)c1. The maximum absolute atomic E-state index is 11.4. The Balaban J connectivity index is 0.00000178. The Kier molecular flexibility index (Phi) is 11.0. The average molecular weight is 584 g/mol. The molecule has 1 unspecified atom stereocenters. The van der Waals surface area contributed by atoms with Gasteiger partial charge in [-0.2, -0.15) is 5.26 Å². The van der Waals surface area contributed by atoms with Crippen LogP contribution in [0.25, 0.3) is 22.0 Å². The van der Waals surface area contributed by atoms with Gasteiger partial charge in [0.2, 0.25) is 5.91 Å². The molecule has 0 fully saturated rings. The van der Waals surface area contributed by atoms with Crippen LogP contribution in [0.4, 0.5) is 0 Å². The van der Waals surface area contributed by atoms with Gasteiger partial charge in [-0.3, -0.25) is 14.8 Å². The van der Waals surface area contributed by atoms with Crippen molar-refractivity contribution in [3.63, 3.8) is 0 Å². The predicted molar refractivity (Wildman–Crippen MR) is 156 cm³/mol. The third kappa shape index (κ3) is 6.53. The normalized spacial score (nSPS) is 10.9. The number of ether oxygens (including phenoxy) is 1. The molecule has 0 saturated heterocycles. The van der Waals surface area contributed by atoms with Crippen molar-refractivity contribution in [3.05, 3.63) is 114 Å². The molecule has 0 aliphatic rings. The number of nitriles is 1. The predicted octanol–water partition coefficient (Wildman–Crippen LogP) is 5.57. The molecule has 3 heterocycles. The number of imidazole rings is 1. The van der Waals surface area contributed by atoms with Crippen LogP contribution in [0.1, 0.15) is 39.0 Å². The molecule has 2 aromatic carbocycles. The highest BCUT2D eigenvalue weighted by molar-refractivity contribution is 5.95. The van der Waals surface area contributed by atoms with Gasteiger partial charge in [0.15, 0.2) is 0 Å². The van der Waals surface area contributed by atoms with Gasteiger partial charge >= 0.3 is 0 Å². The van der Waals surface area contributed by atoms with E-state index in [1.54, 1.807) is 36.9 Å². The molecule has 1 atom stereocenters. The van der Waals surface area contributed by atoms with Gasteiger partial charge in [0.05, 0.1) is 53.2 Å². The highest BCUT2D eigenvalue weighted by Crippen LogP contribution is 2.34. The Hall–Kier alpha value is -4.00. The maximum atomic E-state index is 11.4. The van der Waals surface area contributed by atoms with Crippen molar-refractivity contribution in [1.29, 1.82) is 5.26 Å². The minimum Gasteiger partial charge on any atom is -0.366 e. The number of benzene rings is 2. The molecule has 2 N–H and O–H groups in total. The van der Waals surface area contributed by atoms with Gasteiger partial charge in [-0.15, -0.1) is 37.2 Å². The van der Waals surface area contributed by atoms with Gasteiger partial charge in [0.25, 0.3) is 0 Å². The molecule has 11 heteroatoms. The van der Waals surface area contributed by atoms with Crippen LogP contribution in [0.15, 0.2) is 85.6 Å². The van der Waals surface area contributed by atoms with Crippen molar-refractivity contribution in [2.45, 2.75) is 12.7 Å². The Morgan fingerprint density at radius 2 is 1.82 bits per heavy atom. The van der Waals surface area contributed by atoms with Gasteiger partial charge in [-0.25, -0.2) is 4.98 Å². The van der Waals surface area contributed by atoms with Crippen molar-refractivity contribution in [2.24, 2.45) is 12.8 Å². The second kappa shape index (κ2) is 13.7. The Bertz CT molecular complexity index is 1610. The van der Waals surface area contributed by atoms with Crippen LogP contribution >= 0.6 is 37.2 Å². The number of para-hydroxylation sites is 1. The molecule has 0 bridgehead atoms. The number of carbonyl (C=O) groups excluding carboxylic acids is 1. The molecule has 5 aromatic rings. The molecule has 0 spiro atoms. The molecule has 0 aliphatic heterocycles. The minimum absolute atomic E-state index is 0. The number of hydrogen-bond donors (Lipinski definition) is 1. The van der Waals surface area contributed by atoms with Crippen molar-refractivity contribution in [2.75, 3.05) is 0 Å². The lowest BCUT2D eigenvalue weighted by atomic mass is 9.93. The molecule has 0 aliphatic carbocycles. The van der Waals surface area contributed by atoms with Gasteiger partial charge in [-0.1, -0.05) is 30.3 Å². The molecule has 5 rings (SSSR count). The fourth-order valence-electron chi connectivity index (χ4n) is 4.16. The van der Waals surface area contributed by atoms with E-state index in [1.165, 1.54) is 6.20 Å². The van der Waals surface area contributed by atoms with E-state index in [-0.39, 0.29) is 43.8 Å². The van der Waals surface area contributed by atoms with E-state index < -0.39 is 12.0 Å². The lowest BCUT2D eigenvalue weighted by Gasteiger charge is -2.20. The number of nitrogens with zero attached hydrogens (tertiary/aromatic N) is 5. The van der Waals surface area contributed by atoms with E-state index in [0.29, 0.717) is 16.8 Å². The van der Waals surface area contributed by atoms with E-state index in [1.807, 2.05) is 54.1 Å². The molecular formula is C28H25Cl3N6O2. The number of pyridine rings is 2. The highest BCUT2D eigenvalue weighted by atomic mass is 35.5. The number of aromatic nitrogens is 4. The number of amides is 1.